The lowest BCUT2D eigenvalue weighted by Crippen LogP contribution is -2.14. The highest BCUT2D eigenvalue weighted by atomic mass is 32.2. The van der Waals surface area contributed by atoms with Crippen molar-refractivity contribution < 1.29 is 13.6 Å². The second kappa shape index (κ2) is 8.01. The number of carbonyl (C=O) groups excluding carboxylic acids is 1. The molecule has 0 spiro atoms. The first-order valence-corrected chi connectivity index (χ1v) is 8.79. The molecule has 0 unspecified atom stereocenters. The minimum atomic E-state index is -0.335. The van der Waals surface area contributed by atoms with E-state index >= 15 is 0 Å². The van der Waals surface area contributed by atoms with Crippen molar-refractivity contribution >= 4 is 29.0 Å². The SMILES string of the molecule is CN(C)c1ccc(NC(=O)CSc2nnc(-c3ccc(F)cc3)o2)cc1. The van der Waals surface area contributed by atoms with Crippen molar-refractivity contribution in [2.45, 2.75) is 5.22 Å². The summed E-state index contributed by atoms with van der Waals surface area (Å²) in [5.74, 6) is -0.0833. The summed E-state index contributed by atoms with van der Waals surface area (Å²) in [7, 11) is 3.91. The first kappa shape index (κ1) is 17.9. The van der Waals surface area contributed by atoms with Gasteiger partial charge in [0.05, 0.1) is 5.75 Å². The number of thioether (sulfide) groups is 1. The van der Waals surface area contributed by atoms with Gasteiger partial charge in [0, 0.05) is 31.0 Å². The number of nitrogens with one attached hydrogen (secondary N) is 1. The summed E-state index contributed by atoms with van der Waals surface area (Å²) < 4.78 is 18.4. The third-order valence-electron chi connectivity index (χ3n) is 3.49. The van der Waals surface area contributed by atoms with Crippen LogP contribution < -0.4 is 10.2 Å². The van der Waals surface area contributed by atoms with Gasteiger partial charge in [-0.05, 0) is 48.5 Å². The van der Waals surface area contributed by atoms with E-state index in [4.69, 9.17) is 4.42 Å². The van der Waals surface area contributed by atoms with E-state index in [1.54, 1.807) is 12.1 Å². The number of anilines is 2. The second-order valence-corrected chi connectivity index (χ2v) is 6.58. The summed E-state index contributed by atoms with van der Waals surface area (Å²) in [5, 5.41) is 10.9. The maximum absolute atomic E-state index is 12.9. The van der Waals surface area contributed by atoms with E-state index in [2.05, 4.69) is 15.5 Å². The number of aromatic nitrogens is 2. The van der Waals surface area contributed by atoms with Crippen LogP contribution in [0.15, 0.2) is 58.2 Å². The molecule has 134 valence electrons. The Morgan fingerprint density at radius 1 is 1.12 bits per heavy atom. The van der Waals surface area contributed by atoms with Gasteiger partial charge in [-0.1, -0.05) is 11.8 Å². The van der Waals surface area contributed by atoms with Gasteiger partial charge in [0.25, 0.3) is 5.22 Å². The van der Waals surface area contributed by atoms with Gasteiger partial charge < -0.3 is 14.6 Å². The molecule has 0 saturated carbocycles. The van der Waals surface area contributed by atoms with E-state index in [1.807, 2.05) is 43.3 Å². The van der Waals surface area contributed by atoms with Crippen molar-refractivity contribution in [3.63, 3.8) is 0 Å². The highest BCUT2D eigenvalue weighted by molar-refractivity contribution is 7.99. The maximum Gasteiger partial charge on any atom is 0.277 e. The van der Waals surface area contributed by atoms with E-state index in [0.717, 1.165) is 23.1 Å². The zero-order chi connectivity index (χ0) is 18.5. The van der Waals surface area contributed by atoms with Crippen LogP contribution in [0.4, 0.5) is 15.8 Å². The Labute approximate surface area is 154 Å². The minimum absolute atomic E-state index is 0.139. The molecule has 26 heavy (non-hydrogen) atoms. The number of hydrogen-bond donors (Lipinski definition) is 1. The van der Waals surface area contributed by atoms with Crippen LogP contribution in [0.5, 0.6) is 0 Å². The molecule has 0 radical (unpaired) electrons. The smallest absolute Gasteiger partial charge is 0.277 e. The molecular formula is C18H17FN4O2S. The van der Waals surface area contributed by atoms with Crippen LogP contribution in [0, 0.1) is 5.82 Å². The molecule has 1 aromatic heterocycles. The number of nitrogens with zero attached hydrogens (tertiary/aromatic N) is 3. The molecule has 0 saturated heterocycles. The molecule has 2 aromatic carbocycles. The molecule has 3 aromatic rings. The normalized spacial score (nSPS) is 10.6. The molecule has 0 aliphatic rings. The van der Waals surface area contributed by atoms with E-state index in [0.29, 0.717) is 5.56 Å². The Hall–Kier alpha value is -2.87. The molecule has 6 nitrogen and oxygen atoms in total. The predicted octanol–water partition coefficient (Wildman–Crippen LogP) is 3.67. The first-order valence-electron chi connectivity index (χ1n) is 7.81. The zero-order valence-electron chi connectivity index (χ0n) is 14.3. The topological polar surface area (TPSA) is 71.3 Å². The fourth-order valence-corrected chi connectivity index (χ4v) is 2.71. The minimum Gasteiger partial charge on any atom is -0.411 e. The molecule has 0 bridgehead atoms. The largest absolute Gasteiger partial charge is 0.411 e. The van der Waals surface area contributed by atoms with Gasteiger partial charge in [0.15, 0.2) is 0 Å². The van der Waals surface area contributed by atoms with Crippen molar-refractivity contribution in [2.24, 2.45) is 0 Å². The Morgan fingerprint density at radius 3 is 2.46 bits per heavy atom. The quantitative estimate of drug-likeness (QED) is 0.666. The van der Waals surface area contributed by atoms with Gasteiger partial charge in [0.1, 0.15) is 5.82 Å². The molecule has 1 N–H and O–H groups in total. The summed E-state index contributed by atoms with van der Waals surface area (Å²) in [5.41, 5.74) is 2.39. The summed E-state index contributed by atoms with van der Waals surface area (Å²) in [6.07, 6.45) is 0. The number of benzene rings is 2. The van der Waals surface area contributed by atoms with Crippen LogP contribution in [0.1, 0.15) is 0 Å². The van der Waals surface area contributed by atoms with Crippen molar-refractivity contribution in [2.75, 3.05) is 30.1 Å². The summed E-state index contributed by atoms with van der Waals surface area (Å²) in [6, 6.07) is 13.3. The average molecular weight is 372 g/mol. The Balaban J connectivity index is 1.54. The van der Waals surface area contributed by atoms with Crippen LogP contribution in [0.25, 0.3) is 11.5 Å². The Bertz CT molecular complexity index is 879. The van der Waals surface area contributed by atoms with Crippen LogP contribution in [-0.4, -0.2) is 36.0 Å². The number of halogens is 1. The van der Waals surface area contributed by atoms with Gasteiger partial charge in [-0.3, -0.25) is 4.79 Å². The van der Waals surface area contributed by atoms with E-state index < -0.39 is 0 Å². The lowest BCUT2D eigenvalue weighted by Gasteiger charge is -2.12. The zero-order valence-corrected chi connectivity index (χ0v) is 15.1. The standard InChI is InChI=1S/C18H17FN4O2S/c1-23(2)15-9-7-14(8-10-15)20-16(24)11-26-18-22-21-17(25-18)12-3-5-13(19)6-4-12/h3-10H,11H2,1-2H3,(H,20,24). The lowest BCUT2D eigenvalue weighted by atomic mass is 10.2. The van der Waals surface area contributed by atoms with Crippen LogP contribution in [0.2, 0.25) is 0 Å². The summed E-state index contributed by atoms with van der Waals surface area (Å²) >= 11 is 1.14. The third kappa shape index (κ3) is 4.60. The number of carbonyl (C=O) groups is 1. The number of hydrogen-bond acceptors (Lipinski definition) is 6. The van der Waals surface area contributed by atoms with E-state index in [1.165, 1.54) is 12.1 Å². The number of rotatable bonds is 6. The van der Waals surface area contributed by atoms with Gasteiger partial charge in [-0.2, -0.15) is 0 Å². The van der Waals surface area contributed by atoms with Crippen LogP contribution >= 0.6 is 11.8 Å². The monoisotopic (exact) mass is 372 g/mol. The summed E-state index contributed by atoms with van der Waals surface area (Å²) in [4.78, 5) is 14.0. The first-order chi connectivity index (χ1) is 12.5. The highest BCUT2D eigenvalue weighted by Gasteiger charge is 2.11. The van der Waals surface area contributed by atoms with Gasteiger partial charge in [0.2, 0.25) is 11.8 Å². The van der Waals surface area contributed by atoms with Gasteiger partial charge in [-0.25, -0.2) is 4.39 Å². The average Bonchev–Trinajstić information content (AvgIpc) is 3.10. The molecular weight excluding hydrogens is 355 g/mol. The number of amides is 1. The van der Waals surface area contributed by atoms with Crippen molar-refractivity contribution in [3.05, 3.63) is 54.3 Å². The Kier molecular flexibility index (Phi) is 5.52. The fraction of sp³-hybridized carbons (Fsp3) is 0.167. The molecule has 3 rings (SSSR count). The fourth-order valence-electron chi connectivity index (χ4n) is 2.14. The lowest BCUT2D eigenvalue weighted by molar-refractivity contribution is -0.113. The van der Waals surface area contributed by atoms with Crippen molar-refractivity contribution in [3.8, 4) is 11.5 Å². The maximum atomic E-state index is 12.9. The second-order valence-electron chi connectivity index (χ2n) is 5.66. The Morgan fingerprint density at radius 2 is 1.81 bits per heavy atom. The van der Waals surface area contributed by atoms with E-state index in [-0.39, 0.29) is 28.6 Å². The van der Waals surface area contributed by atoms with Crippen LogP contribution in [0.3, 0.4) is 0 Å². The molecule has 0 aliphatic heterocycles. The molecule has 0 atom stereocenters. The molecule has 0 aliphatic carbocycles. The highest BCUT2D eigenvalue weighted by Crippen LogP contribution is 2.23. The van der Waals surface area contributed by atoms with Gasteiger partial charge in [-0.15, -0.1) is 10.2 Å². The van der Waals surface area contributed by atoms with Crippen LogP contribution in [-0.2, 0) is 4.79 Å². The molecule has 8 heteroatoms. The summed E-state index contributed by atoms with van der Waals surface area (Å²) in [6.45, 7) is 0. The van der Waals surface area contributed by atoms with Gasteiger partial charge >= 0.3 is 0 Å². The third-order valence-corrected chi connectivity index (χ3v) is 4.31. The van der Waals surface area contributed by atoms with Crippen molar-refractivity contribution in [1.82, 2.24) is 10.2 Å². The molecule has 0 fully saturated rings. The van der Waals surface area contributed by atoms with Crippen molar-refractivity contribution in [1.29, 1.82) is 0 Å². The van der Waals surface area contributed by atoms with E-state index in [9.17, 15) is 9.18 Å². The molecule has 1 heterocycles. The predicted molar refractivity (Wildman–Crippen MR) is 99.8 cm³/mol. The molecule has 1 amide bonds.